The molecule has 0 saturated carbocycles. The van der Waals surface area contributed by atoms with Gasteiger partial charge in [0, 0.05) is 11.5 Å². The Labute approximate surface area is 81.8 Å². The molecule has 1 saturated heterocycles. The molecule has 0 aliphatic carbocycles. The highest BCUT2D eigenvalue weighted by atomic mass is 16.5. The maximum atomic E-state index is 6.26. The summed E-state index contributed by atoms with van der Waals surface area (Å²) in [7, 11) is 0. The van der Waals surface area contributed by atoms with E-state index in [-0.39, 0.29) is 5.54 Å². The zero-order valence-corrected chi connectivity index (χ0v) is 9.39. The van der Waals surface area contributed by atoms with Crippen LogP contribution in [0.4, 0.5) is 0 Å². The zero-order chi connectivity index (χ0) is 10.1. The monoisotopic (exact) mass is 185 g/mol. The first-order chi connectivity index (χ1) is 5.79. The summed E-state index contributed by atoms with van der Waals surface area (Å²) >= 11 is 0. The van der Waals surface area contributed by atoms with E-state index >= 15 is 0 Å². The van der Waals surface area contributed by atoms with Crippen LogP contribution in [-0.2, 0) is 4.74 Å². The molecule has 1 fully saturated rings. The van der Waals surface area contributed by atoms with Crippen molar-refractivity contribution in [3.8, 4) is 0 Å². The normalized spacial score (nSPS) is 23.8. The first kappa shape index (κ1) is 11.0. The van der Waals surface area contributed by atoms with E-state index in [1.807, 2.05) is 0 Å². The van der Waals surface area contributed by atoms with Crippen molar-refractivity contribution in [2.45, 2.75) is 46.1 Å². The first-order valence-corrected chi connectivity index (χ1v) is 5.15. The molecule has 1 heterocycles. The number of nitrogens with two attached hydrogens (primary N) is 1. The van der Waals surface area contributed by atoms with E-state index in [0.29, 0.717) is 11.3 Å². The van der Waals surface area contributed by atoms with Crippen LogP contribution in [0.1, 0.15) is 40.5 Å². The Kier molecular flexibility index (Phi) is 3.03. The van der Waals surface area contributed by atoms with Crippen molar-refractivity contribution in [2.75, 3.05) is 13.2 Å². The van der Waals surface area contributed by atoms with Crippen LogP contribution in [0.5, 0.6) is 0 Å². The topological polar surface area (TPSA) is 35.2 Å². The molecule has 1 atom stereocenters. The van der Waals surface area contributed by atoms with Gasteiger partial charge in [0.25, 0.3) is 0 Å². The predicted octanol–water partition coefficient (Wildman–Crippen LogP) is 2.18. The Bertz CT molecular complexity index is 165. The minimum atomic E-state index is -0.0211. The molecule has 2 N–H and O–H groups in total. The van der Waals surface area contributed by atoms with E-state index in [1.165, 1.54) is 0 Å². The van der Waals surface area contributed by atoms with Gasteiger partial charge in [-0.25, -0.2) is 0 Å². The maximum absolute atomic E-state index is 6.26. The molecular weight excluding hydrogens is 162 g/mol. The van der Waals surface area contributed by atoms with Crippen LogP contribution >= 0.6 is 0 Å². The third-order valence-corrected chi connectivity index (χ3v) is 2.40. The van der Waals surface area contributed by atoms with Gasteiger partial charge in [0.15, 0.2) is 0 Å². The molecule has 13 heavy (non-hydrogen) atoms. The van der Waals surface area contributed by atoms with Crippen molar-refractivity contribution >= 4 is 0 Å². The molecule has 1 unspecified atom stereocenters. The fraction of sp³-hybridized carbons (Fsp3) is 1.00. The highest BCUT2D eigenvalue weighted by Gasteiger charge is 2.31. The lowest BCUT2D eigenvalue weighted by molar-refractivity contribution is -0.0463. The number of rotatable bonds is 3. The summed E-state index contributed by atoms with van der Waals surface area (Å²) in [4.78, 5) is 0. The van der Waals surface area contributed by atoms with Crippen molar-refractivity contribution in [3.63, 3.8) is 0 Å². The van der Waals surface area contributed by atoms with E-state index in [2.05, 4.69) is 27.7 Å². The van der Waals surface area contributed by atoms with Crippen LogP contribution in [0, 0.1) is 11.3 Å². The molecule has 2 nitrogen and oxygen atoms in total. The predicted molar refractivity (Wildman–Crippen MR) is 55.6 cm³/mol. The van der Waals surface area contributed by atoms with Gasteiger partial charge in [-0.3, -0.25) is 0 Å². The molecule has 78 valence electrons. The standard InChI is InChI=1S/C11H23NO/c1-10(2,3)8-11(4,12)5-9-6-13-7-9/h9H,5-8,12H2,1-4H3. The maximum Gasteiger partial charge on any atom is 0.0517 e. The van der Waals surface area contributed by atoms with E-state index < -0.39 is 0 Å². The fourth-order valence-electron chi connectivity index (χ4n) is 2.35. The molecule has 0 aromatic carbocycles. The molecule has 0 bridgehead atoms. The van der Waals surface area contributed by atoms with Gasteiger partial charge in [0.1, 0.15) is 0 Å². The summed E-state index contributed by atoms with van der Waals surface area (Å²) < 4.78 is 5.16. The van der Waals surface area contributed by atoms with Gasteiger partial charge in [-0.1, -0.05) is 20.8 Å². The van der Waals surface area contributed by atoms with Crippen LogP contribution in [-0.4, -0.2) is 18.8 Å². The highest BCUT2D eigenvalue weighted by Crippen LogP contribution is 2.31. The largest absolute Gasteiger partial charge is 0.381 e. The fourth-order valence-corrected chi connectivity index (χ4v) is 2.35. The molecule has 1 aliphatic rings. The average molecular weight is 185 g/mol. The summed E-state index contributed by atoms with van der Waals surface area (Å²) in [5, 5.41) is 0. The van der Waals surface area contributed by atoms with E-state index in [1.54, 1.807) is 0 Å². The summed E-state index contributed by atoms with van der Waals surface area (Å²) in [6.07, 6.45) is 2.18. The van der Waals surface area contributed by atoms with Crippen molar-refractivity contribution in [2.24, 2.45) is 17.1 Å². The molecule has 0 amide bonds. The Morgan fingerprint density at radius 3 is 2.08 bits per heavy atom. The van der Waals surface area contributed by atoms with Gasteiger partial charge in [0.2, 0.25) is 0 Å². The Morgan fingerprint density at radius 1 is 1.23 bits per heavy atom. The van der Waals surface area contributed by atoms with E-state index in [4.69, 9.17) is 10.5 Å². The molecule has 2 heteroatoms. The third kappa shape index (κ3) is 4.10. The smallest absolute Gasteiger partial charge is 0.0517 e. The molecule has 0 spiro atoms. The Balaban J connectivity index is 2.35. The molecular formula is C11H23NO. The molecule has 1 aliphatic heterocycles. The summed E-state index contributed by atoms with van der Waals surface area (Å²) in [5.41, 5.74) is 6.56. The summed E-state index contributed by atoms with van der Waals surface area (Å²) in [6, 6.07) is 0. The van der Waals surface area contributed by atoms with Gasteiger partial charge in [-0.2, -0.15) is 0 Å². The van der Waals surface area contributed by atoms with Gasteiger partial charge in [0.05, 0.1) is 13.2 Å². The Hall–Kier alpha value is -0.0800. The first-order valence-electron chi connectivity index (χ1n) is 5.15. The molecule has 1 rings (SSSR count). The molecule has 0 aromatic heterocycles. The van der Waals surface area contributed by atoms with Gasteiger partial charge >= 0.3 is 0 Å². The number of ether oxygens (including phenoxy) is 1. The minimum Gasteiger partial charge on any atom is -0.381 e. The molecule has 0 aromatic rings. The highest BCUT2D eigenvalue weighted by molar-refractivity contribution is 4.87. The van der Waals surface area contributed by atoms with Crippen molar-refractivity contribution in [1.29, 1.82) is 0 Å². The van der Waals surface area contributed by atoms with Gasteiger partial charge < -0.3 is 10.5 Å². The van der Waals surface area contributed by atoms with Crippen molar-refractivity contribution in [3.05, 3.63) is 0 Å². The quantitative estimate of drug-likeness (QED) is 0.731. The number of hydrogen-bond donors (Lipinski definition) is 1. The Morgan fingerprint density at radius 2 is 1.77 bits per heavy atom. The second-order valence-electron chi connectivity index (χ2n) is 6.00. The van der Waals surface area contributed by atoms with Crippen molar-refractivity contribution < 1.29 is 4.74 Å². The van der Waals surface area contributed by atoms with Crippen molar-refractivity contribution in [1.82, 2.24) is 0 Å². The zero-order valence-electron chi connectivity index (χ0n) is 9.39. The molecule has 0 radical (unpaired) electrons. The lowest BCUT2D eigenvalue weighted by atomic mass is 9.76. The van der Waals surface area contributed by atoms with Crippen LogP contribution in [0.3, 0.4) is 0 Å². The average Bonchev–Trinajstić information content (AvgIpc) is 1.73. The van der Waals surface area contributed by atoms with Gasteiger partial charge in [-0.15, -0.1) is 0 Å². The number of hydrogen-bond acceptors (Lipinski definition) is 2. The van der Waals surface area contributed by atoms with Crippen LogP contribution in [0.15, 0.2) is 0 Å². The lowest BCUT2D eigenvalue weighted by Gasteiger charge is -2.37. The van der Waals surface area contributed by atoms with E-state index in [0.717, 1.165) is 26.1 Å². The summed E-state index contributed by atoms with van der Waals surface area (Å²) in [6.45, 7) is 10.7. The minimum absolute atomic E-state index is 0.0211. The van der Waals surface area contributed by atoms with Crippen LogP contribution in [0.25, 0.3) is 0 Å². The third-order valence-electron chi connectivity index (χ3n) is 2.40. The second-order valence-corrected chi connectivity index (χ2v) is 6.00. The second kappa shape index (κ2) is 3.58. The van der Waals surface area contributed by atoms with E-state index in [9.17, 15) is 0 Å². The van der Waals surface area contributed by atoms with Gasteiger partial charge in [-0.05, 0) is 25.2 Å². The lowest BCUT2D eigenvalue weighted by Crippen LogP contribution is -2.45. The van der Waals surface area contributed by atoms with Crippen LogP contribution in [0.2, 0.25) is 0 Å². The SMILES string of the molecule is CC(C)(C)CC(C)(N)CC1COC1. The summed E-state index contributed by atoms with van der Waals surface area (Å²) in [5.74, 6) is 0.706. The van der Waals surface area contributed by atoms with Crippen LogP contribution < -0.4 is 5.73 Å².